The van der Waals surface area contributed by atoms with E-state index in [0.29, 0.717) is 18.0 Å². The Labute approximate surface area is 146 Å². The number of hydrogen-bond acceptors (Lipinski definition) is 4. The third-order valence-electron chi connectivity index (χ3n) is 3.86. The molecule has 0 saturated carbocycles. The maximum Gasteiger partial charge on any atom is 0.226 e. The Morgan fingerprint density at radius 2 is 1.88 bits per heavy atom. The van der Waals surface area contributed by atoms with Crippen molar-refractivity contribution >= 4 is 16.8 Å². The number of amides is 1. The van der Waals surface area contributed by atoms with Crippen molar-refractivity contribution in [3.05, 3.63) is 54.2 Å². The van der Waals surface area contributed by atoms with Gasteiger partial charge in [-0.15, -0.1) is 0 Å². The van der Waals surface area contributed by atoms with Crippen LogP contribution >= 0.6 is 0 Å². The summed E-state index contributed by atoms with van der Waals surface area (Å²) in [4.78, 5) is 12.2. The molecular formula is C19H21N3O3. The molecule has 1 amide bonds. The van der Waals surface area contributed by atoms with Gasteiger partial charge in [-0.1, -0.05) is 30.3 Å². The van der Waals surface area contributed by atoms with E-state index in [1.807, 2.05) is 55.5 Å². The molecule has 3 rings (SSSR count). The van der Waals surface area contributed by atoms with E-state index in [1.54, 1.807) is 7.11 Å². The van der Waals surface area contributed by atoms with Crippen LogP contribution in [0.15, 0.2) is 48.5 Å². The average Bonchev–Trinajstić information content (AvgIpc) is 3.03. The molecule has 0 aliphatic rings. The van der Waals surface area contributed by atoms with Crippen LogP contribution in [0.3, 0.4) is 0 Å². The molecule has 0 radical (unpaired) electrons. The van der Waals surface area contributed by atoms with E-state index in [4.69, 9.17) is 9.47 Å². The SMILES string of the molecule is COc1ccccc1OC(C)CNC(=O)Cc1[nH]nc2ccccc12. The van der Waals surface area contributed by atoms with Gasteiger partial charge in [0.25, 0.3) is 0 Å². The summed E-state index contributed by atoms with van der Waals surface area (Å²) in [5.74, 6) is 1.25. The molecule has 1 heterocycles. The molecule has 6 heteroatoms. The number of benzene rings is 2. The number of para-hydroxylation sites is 3. The highest BCUT2D eigenvalue weighted by Crippen LogP contribution is 2.26. The molecule has 6 nitrogen and oxygen atoms in total. The minimum Gasteiger partial charge on any atom is -0.493 e. The Hall–Kier alpha value is -3.02. The quantitative estimate of drug-likeness (QED) is 0.694. The first-order valence-electron chi connectivity index (χ1n) is 8.15. The predicted octanol–water partition coefficient (Wildman–Crippen LogP) is 2.70. The van der Waals surface area contributed by atoms with Crippen LogP contribution in [0.4, 0.5) is 0 Å². The number of hydrogen-bond donors (Lipinski definition) is 2. The van der Waals surface area contributed by atoms with Crippen LogP contribution in [0.1, 0.15) is 12.6 Å². The van der Waals surface area contributed by atoms with E-state index in [-0.39, 0.29) is 18.4 Å². The fourth-order valence-electron chi connectivity index (χ4n) is 2.60. The number of methoxy groups -OCH3 is 1. The molecule has 0 aliphatic heterocycles. The Bertz CT molecular complexity index is 860. The fourth-order valence-corrected chi connectivity index (χ4v) is 2.60. The normalized spacial score (nSPS) is 11.9. The van der Waals surface area contributed by atoms with E-state index in [9.17, 15) is 4.79 Å². The predicted molar refractivity (Wildman–Crippen MR) is 95.9 cm³/mol. The number of nitrogens with one attached hydrogen (secondary N) is 2. The van der Waals surface area contributed by atoms with Crippen LogP contribution in [-0.2, 0) is 11.2 Å². The minimum atomic E-state index is -0.182. The third-order valence-corrected chi connectivity index (χ3v) is 3.86. The largest absolute Gasteiger partial charge is 0.493 e. The Morgan fingerprint density at radius 1 is 1.16 bits per heavy atom. The van der Waals surface area contributed by atoms with Crippen LogP contribution < -0.4 is 14.8 Å². The monoisotopic (exact) mass is 339 g/mol. The molecule has 1 unspecified atom stereocenters. The van der Waals surface area contributed by atoms with E-state index < -0.39 is 0 Å². The second-order valence-corrected chi connectivity index (χ2v) is 5.78. The number of aromatic nitrogens is 2. The molecule has 25 heavy (non-hydrogen) atoms. The van der Waals surface area contributed by atoms with Crippen LogP contribution in [0, 0.1) is 0 Å². The zero-order chi connectivity index (χ0) is 17.6. The van der Waals surface area contributed by atoms with Gasteiger partial charge in [-0.05, 0) is 25.1 Å². The van der Waals surface area contributed by atoms with Crippen molar-refractivity contribution in [1.29, 1.82) is 0 Å². The molecule has 0 saturated heterocycles. The zero-order valence-electron chi connectivity index (χ0n) is 14.3. The highest BCUT2D eigenvalue weighted by molar-refractivity contribution is 5.87. The van der Waals surface area contributed by atoms with Crippen molar-refractivity contribution < 1.29 is 14.3 Å². The minimum absolute atomic E-state index is 0.0788. The smallest absolute Gasteiger partial charge is 0.226 e. The maximum absolute atomic E-state index is 12.2. The summed E-state index contributed by atoms with van der Waals surface area (Å²) in [6.45, 7) is 2.31. The van der Waals surface area contributed by atoms with Crippen molar-refractivity contribution in [3.8, 4) is 11.5 Å². The van der Waals surface area contributed by atoms with Gasteiger partial charge in [0.15, 0.2) is 11.5 Å². The standard InChI is InChI=1S/C19H21N3O3/c1-13(25-18-10-6-5-9-17(18)24-2)12-20-19(23)11-16-14-7-3-4-8-15(14)21-22-16/h3-10,13H,11-12H2,1-2H3,(H,20,23)(H,21,22). The Balaban J connectivity index is 1.53. The second kappa shape index (κ2) is 7.70. The molecule has 1 aromatic heterocycles. The second-order valence-electron chi connectivity index (χ2n) is 5.78. The summed E-state index contributed by atoms with van der Waals surface area (Å²) in [6.07, 6.45) is 0.0702. The van der Waals surface area contributed by atoms with Crippen molar-refractivity contribution in [2.75, 3.05) is 13.7 Å². The van der Waals surface area contributed by atoms with Gasteiger partial charge in [0.2, 0.25) is 5.91 Å². The summed E-state index contributed by atoms with van der Waals surface area (Å²) in [6, 6.07) is 15.2. The first-order valence-corrected chi connectivity index (χ1v) is 8.15. The molecule has 0 aliphatic carbocycles. The highest BCUT2D eigenvalue weighted by atomic mass is 16.5. The van der Waals surface area contributed by atoms with E-state index in [0.717, 1.165) is 16.6 Å². The molecule has 130 valence electrons. The first-order chi connectivity index (χ1) is 12.2. The molecule has 2 N–H and O–H groups in total. The van der Waals surface area contributed by atoms with Gasteiger partial charge in [-0.2, -0.15) is 5.10 Å². The topological polar surface area (TPSA) is 76.2 Å². The van der Waals surface area contributed by atoms with Crippen LogP contribution in [0.2, 0.25) is 0 Å². The van der Waals surface area contributed by atoms with Gasteiger partial charge in [-0.3, -0.25) is 9.89 Å². The van der Waals surface area contributed by atoms with Crippen LogP contribution in [0.5, 0.6) is 11.5 Å². The summed E-state index contributed by atoms with van der Waals surface area (Å²) in [7, 11) is 1.60. The van der Waals surface area contributed by atoms with Crippen molar-refractivity contribution in [2.45, 2.75) is 19.4 Å². The summed E-state index contributed by atoms with van der Waals surface area (Å²) >= 11 is 0. The lowest BCUT2D eigenvalue weighted by molar-refractivity contribution is -0.120. The number of carbonyl (C=O) groups excluding carboxylic acids is 1. The summed E-state index contributed by atoms with van der Waals surface area (Å²) < 4.78 is 11.1. The van der Waals surface area contributed by atoms with E-state index >= 15 is 0 Å². The van der Waals surface area contributed by atoms with Crippen molar-refractivity contribution in [3.63, 3.8) is 0 Å². The Kier molecular flexibility index (Phi) is 5.18. The molecule has 0 spiro atoms. The van der Waals surface area contributed by atoms with Gasteiger partial charge in [0, 0.05) is 5.39 Å². The van der Waals surface area contributed by atoms with E-state index in [1.165, 1.54) is 0 Å². The lowest BCUT2D eigenvalue weighted by Gasteiger charge is -2.17. The number of aromatic amines is 1. The molecule has 0 fully saturated rings. The van der Waals surface area contributed by atoms with Gasteiger partial charge in [0.05, 0.1) is 31.3 Å². The third kappa shape index (κ3) is 4.09. The van der Waals surface area contributed by atoms with Crippen LogP contribution in [-0.4, -0.2) is 35.9 Å². The first kappa shape index (κ1) is 16.8. The number of fused-ring (bicyclic) bond motifs is 1. The number of nitrogens with zero attached hydrogens (tertiary/aromatic N) is 1. The van der Waals surface area contributed by atoms with Gasteiger partial charge in [-0.25, -0.2) is 0 Å². The van der Waals surface area contributed by atoms with E-state index in [2.05, 4.69) is 15.5 Å². The highest BCUT2D eigenvalue weighted by Gasteiger charge is 2.12. The molecule has 0 bridgehead atoms. The van der Waals surface area contributed by atoms with Crippen molar-refractivity contribution in [1.82, 2.24) is 15.5 Å². The van der Waals surface area contributed by atoms with Gasteiger partial charge in [0.1, 0.15) is 6.10 Å². The molecular weight excluding hydrogens is 318 g/mol. The molecule has 2 aromatic carbocycles. The number of H-pyrrole nitrogens is 1. The fraction of sp³-hybridized carbons (Fsp3) is 0.263. The number of carbonyl (C=O) groups is 1. The zero-order valence-corrected chi connectivity index (χ0v) is 14.3. The van der Waals surface area contributed by atoms with Gasteiger partial charge < -0.3 is 14.8 Å². The summed E-state index contributed by atoms with van der Waals surface area (Å²) in [5, 5.41) is 11.0. The summed E-state index contributed by atoms with van der Waals surface area (Å²) in [5.41, 5.74) is 1.67. The average molecular weight is 339 g/mol. The van der Waals surface area contributed by atoms with Crippen LogP contribution in [0.25, 0.3) is 10.9 Å². The Morgan fingerprint density at radius 3 is 2.68 bits per heavy atom. The maximum atomic E-state index is 12.2. The van der Waals surface area contributed by atoms with Gasteiger partial charge >= 0.3 is 0 Å². The van der Waals surface area contributed by atoms with Crippen molar-refractivity contribution in [2.24, 2.45) is 0 Å². The lowest BCUT2D eigenvalue weighted by Crippen LogP contribution is -2.34. The molecule has 3 aromatic rings. The number of rotatable bonds is 7. The molecule has 1 atom stereocenters. The number of ether oxygens (including phenoxy) is 2. The lowest BCUT2D eigenvalue weighted by atomic mass is 10.1.